The molecule has 1 saturated heterocycles. The van der Waals surface area contributed by atoms with Crippen LogP contribution in [0.15, 0.2) is 10.2 Å². The number of aliphatic hydroxyl groups is 1. The molecule has 1 nitrogen and oxygen atoms in total. The Balaban J connectivity index is 2.38. The van der Waals surface area contributed by atoms with Gasteiger partial charge < -0.3 is 0 Å². The van der Waals surface area contributed by atoms with E-state index >= 15 is 0 Å². The molecule has 1 N–H and O–H groups in total. The number of rotatable bonds is 4. The van der Waals surface area contributed by atoms with Crippen LogP contribution in [0.25, 0.3) is 0 Å². The zero-order valence-corrected chi connectivity index (χ0v) is 12.7. The topological polar surface area (TPSA) is 20.2 Å². The van der Waals surface area contributed by atoms with E-state index in [2.05, 4.69) is 20.4 Å². The van der Waals surface area contributed by atoms with Gasteiger partial charge in [-0.05, 0) is 0 Å². The molecule has 13 heavy (non-hydrogen) atoms. The fourth-order valence-corrected chi connectivity index (χ4v) is 21.1. The SMILES string of the molecule is C=C(CC)[I-]I1CC(CC)CC1O. The van der Waals surface area contributed by atoms with Gasteiger partial charge in [-0.2, -0.15) is 0 Å². The van der Waals surface area contributed by atoms with E-state index in [1.807, 2.05) is 0 Å². The molecule has 0 radical (unpaired) electrons. The third-order valence-corrected chi connectivity index (χ3v) is 21.6. The third kappa shape index (κ3) is 3.66. The molecule has 1 rings (SSSR count). The van der Waals surface area contributed by atoms with E-state index in [9.17, 15) is 5.11 Å². The summed E-state index contributed by atoms with van der Waals surface area (Å²) in [5.74, 6) is 0.851. The Labute approximate surface area is 95.1 Å². The molecule has 0 aromatic carbocycles. The molecule has 2 unspecified atom stereocenters. The molecule has 0 amide bonds. The molecule has 1 aliphatic rings. The number of hydrogen-bond acceptors (Lipinski definition) is 1. The normalized spacial score (nSPS) is 31.2. The molecule has 3 heteroatoms. The van der Waals surface area contributed by atoms with Crippen molar-refractivity contribution in [2.45, 2.75) is 37.2 Å². The first-order valence-electron chi connectivity index (χ1n) is 4.83. The second-order valence-electron chi connectivity index (χ2n) is 3.38. The zero-order chi connectivity index (χ0) is 9.84. The molecular weight excluding hydrogens is 390 g/mol. The second-order valence-corrected chi connectivity index (χ2v) is 19.3. The summed E-state index contributed by atoms with van der Waals surface area (Å²) < 4.78 is 3.03. The van der Waals surface area contributed by atoms with Crippen LogP contribution in [0.5, 0.6) is 0 Å². The van der Waals surface area contributed by atoms with Crippen LogP contribution in [0.3, 0.4) is 0 Å². The first-order valence-corrected chi connectivity index (χ1v) is 15.0. The Kier molecular flexibility index (Phi) is 5.55. The molecule has 1 aliphatic heterocycles. The summed E-state index contributed by atoms with van der Waals surface area (Å²) in [6, 6.07) is 0. The van der Waals surface area contributed by atoms with Crippen LogP contribution in [-0.2, 0) is 0 Å². The van der Waals surface area contributed by atoms with E-state index < -0.39 is 15.8 Å². The average Bonchev–Trinajstić information content (AvgIpc) is 2.47. The molecule has 1 fully saturated rings. The van der Waals surface area contributed by atoms with Crippen molar-refractivity contribution in [1.29, 1.82) is 0 Å². The van der Waals surface area contributed by atoms with Crippen LogP contribution in [-0.4, -0.2) is 13.6 Å². The Hall–Kier alpha value is 1.16. The number of allylic oxidation sites excluding steroid dienone is 1. The van der Waals surface area contributed by atoms with Gasteiger partial charge in [0.2, 0.25) is 0 Å². The van der Waals surface area contributed by atoms with E-state index in [0.717, 1.165) is 18.8 Å². The van der Waals surface area contributed by atoms with Crippen molar-refractivity contribution in [3.05, 3.63) is 10.2 Å². The van der Waals surface area contributed by atoms with E-state index in [1.165, 1.54) is 14.4 Å². The summed E-state index contributed by atoms with van der Waals surface area (Å²) in [5, 5.41) is 9.89. The van der Waals surface area contributed by atoms with Crippen molar-refractivity contribution in [3.63, 3.8) is 0 Å². The molecule has 0 aromatic rings. The van der Waals surface area contributed by atoms with Crippen LogP contribution in [0.1, 0.15) is 33.1 Å². The van der Waals surface area contributed by atoms with Gasteiger partial charge in [0, 0.05) is 0 Å². The van der Waals surface area contributed by atoms with Crippen molar-refractivity contribution in [1.82, 2.24) is 0 Å². The Morgan fingerprint density at radius 1 is 1.62 bits per heavy atom. The second kappa shape index (κ2) is 5.90. The molecule has 0 spiro atoms. The average molecular weight is 409 g/mol. The molecule has 1 heterocycles. The monoisotopic (exact) mass is 409 g/mol. The predicted octanol–water partition coefficient (Wildman–Crippen LogP) is 0.169. The molecule has 0 aromatic heterocycles. The maximum atomic E-state index is 9.89. The molecule has 0 saturated carbocycles. The van der Waals surface area contributed by atoms with Gasteiger partial charge >= 0.3 is 95.9 Å². The van der Waals surface area contributed by atoms with E-state index in [1.54, 1.807) is 0 Å². The van der Waals surface area contributed by atoms with Gasteiger partial charge in [0.15, 0.2) is 0 Å². The number of hydrogen-bond donors (Lipinski definition) is 1. The quantitative estimate of drug-likeness (QED) is 0.519. The summed E-state index contributed by atoms with van der Waals surface area (Å²) in [4.78, 5) is 0. The first-order chi connectivity index (χ1) is 6.17. The van der Waals surface area contributed by atoms with Crippen LogP contribution in [0.4, 0.5) is 0 Å². The molecule has 80 valence electrons. The van der Waals surface area contributed by atoms with Crippen molar-refractivity contribution in [2.24, 2.45) is 5.92 Å². The molecular formula is C10H19I2O-. The van der Waals surface area contributed by atoms with Gasteiger partial charge in [-0.25, -0.2) is 0 Å². The van der Waals surface area contributed by atoms with Crippen molar-refractivity contribution in [3.8, 4) is 0 Å². The Morgan fingerprint density at radius 3 is 2.77 bits per heavy atom. The van der Waals surface area contributed by atoms with Gasteiger partial charge in [-0.3, -0.25) is 0 Å². The van der Waals surface area contributed by atoms with E-state index in [0.29, 0.717) is 0 Å². The molecule has 2 atom stereocenters. The summed E-state index contributed by atoms with van der Waals surface area (Å²) in [5.41, 5.74) is 0. The van der Waals surface area contributed by atoms with Crippen LogP contribution in [0.2, 0.25) is 0 Å². The van der Waals surface area contributed by atoms with Gasteiger partial charge in [0.05, 0.1) is 0 Å². The summed E-state index contributed by atoms with van der Waals surface area (Å²) in [7, 11) is 0. The number of alkyl halides is 2. The van der Waals surface area contributed by atoms with E-state index in [4.69, 9.17) is 0 Å². The van der Waals surface area contributed by atoms with Gasteiger partial charge in [-0.15, -0.1) is 0 Å². The summed E-state index contributed by atoms with van der Waals surface area (Å²) in [6.45, 7) is 8.55. The maximum absolute atomic E-state index is 9.89. The van der Waals surface area contributed by atoms with Crippen LogP contribution >= 0.6 is 15.8 Å². The van der Waals surface area contributed by atoms with Gasteiger partial charge in [-0.1, -0.05) is 0 Å². The summed E-state index contributed by atoms with van der Waals surface area (Å²) in [6.07, 6.45) is 3.52. The third-order valence-electron chi connectivity index (χ3n) is 2.32. The minimum atomic E-state index is -0.935. The molecule has 0 bridgehead atoms. The molecule has 0 aliphatic carbocycles. The Morgan fingerprint density at radius 2 is 2.31 bits per heavy atom. The van der Waals surface area contributed by atoms with Gasteiger partial charge in [0.25, 0.3) is 0 Å². The van der Waals surface area contributed by atoms with Crippen molar-refractivity contribution in [2.75, 3.05) is 4.43 Å². The fraction of sp³-hybridized carbons (Fsp3) is 0.800. The van der Waals surface area contributed by atoms with Crippen LogP contribution in [0, 0.1) is 5.92 Å². The number of halogens is 2. The van der Waals surface area contributed by atoms with E-state index in [-0.39, 0.29) is 21.3 Å². The fourth-order valence-electron chi connectivity index (χ4n) is 1.28. The minimum absolute atomic E-state index is 0.144. The van der Waals surface area contributed by atoms with Gasteiger partial charge in [0.1, 0.15) is 0 Å². The zero-order valence-electron chi connectivity index (χ0n) is 8.39. The first kappa shape index (κ1) is 12.2. The summed E-state index contributed by atoms with van der Waals surface area (Å²) >= 11 is -0.738. The van der Waals surface area contributed by atoms with Crippen molar-refractivity contribution >= 4 is 15.8 Å². The Bertz CT molecular complexity index is 182. The van der Waals surface area contributed by atoms with Crippen LogP contribution < -0.4 is 17.2 Å². The standard InChI is InChI=1S/C10H19I2O/c1-4-8(3)11-12-7-9(5-2)6-10(12)13/h9-10,13H,3-7H2,1-2H3/q-1. The predicted molar refractivity (Wildman–Crippen MR) is 62.7 cm³/mol. The number of aliphatic hydroxyl groups excluding tert-OH is 1. The van der Waals surface area contributed by atoms with Crippen molar-refractivity contribution < 1.29 is 22.3 Å².